The lowest BCUT2D eigenvalue weighted by Gasteiger charge is -2.20. The van der Waals surface area contributed by atoms with Gasteiger partial charge in [0.05, 0.1) is 30.0 Å². The number of carbonyl (C=O) groups excluding carboxylic acids is 3. The fourth-order valence-corrected chi connectivity index (χ4v) is 3.98. The Bertz CT molecular complexity index is 944. The molecule has 0 aromatic heterocycles. The van der Waals surface area contributed by atoms with Gasteiger partial charge in [0.2, 0.25) is 11.8 Å². The van der Waals surface area contributed by atoms with E-state index in [0.29, 0.717) is 5.69 Å². The number of hydrogen-bond donors (Lipinski definition) is 2. The number of ether oxygens (including phenoxy) is 1. The molecule has 0 aliphatic carbocycles. The van der Waals surface area contributed by atoms with Gasteiger partial charge in [0.25, 0.3) is 0 Å². The van der Waals surface area contributed by atoms with Gasteiger partial charge in [-0.05, 0) is 18.6 Å². The zero-order valence-corrected chi connectivity index (χ0v) is 17.5. The molecular weight excluding hydrogens is 416 g/mol. The van der Waals surface area contributed by atoms with E-state index < -0.39 is 45.5 Å². The van der Waals surface area contributed by atoms with Crippen molar-refractivity contribution in [2.45, 2.75) is 25.8 Å². The van der Waals surface area contributed by atoms with Gasteiger partial charge in [-0.2, -0.15) is 0 Å². The molecule has 30 heavy (non-hydrogen) atoms. The van der Waals surface area contributed by atoms with Gasteiger partial charge in [0, 0.05) is 18.7 Å². The lowest BCUT2D eigenvalue weighted by molar-refractivity contribution is -0.142. The number of carboxylic acid groups (broad SMARTS) is 1. The van der Waals surface area contributed by atoms with Gasteiger partial charge in [-0.1, -0.05) is 19.1 Å². The Morgan fingerprint density at radius 3 is 2.57 bits per heavy atom. The number of carboxylic acids is 1. The molecule has 2 unspecified atom stereocenters. The summed E-state index contributed by atoms with van der Waals surface area (Å²) in [6.07, 6.45) is -0.437. The number of para-hydroxylation sites is 1. The quantitative estimate of drug-likeness (QED) is 0.518. The number of rotatable bonds is 9. The summed E-state index contributed by atoms with van der Waals surface area (Å²) < 4.78 is 28.0. The maximum Gasteiger partial charge on any atom is 0.339 e. The minimum absolute atomic E-state index is 0.0434. The average molecular weight is 440 g/mol. The molecule has 10 nitrogen and oxygen atoms in total. The topological polar surface area (TPSA) is 147 Å². The van der Waals surface area contributed by atoms with E-state index in [1.54, 1.807) is 18.2 Å². The fraction of sp³-hybridized carbons (Fsp3) is 0.474. The minimum atomic E-state index is -3.39. The molecule has 2 amide bonds. The van der Waals surface area contributed by atoms with Crippen molar-refractivity contribution in [3.8, 4) is 0 Å². The molecule has 1 fully saturated rings. The van der Waals surface area contributed by atoms with Crippen LogP contribution >= 0.6 is 0 Å². The third-order valence-electron chi connectivity index (χ3n) is 4.87. The van der Waals surface area contributed by atoms with E-state index in [0.717, 1.165) is 0 Å². The van der Waals surface area contributed by atoms with Crippen molar-refractivity contribution in [2.24, 2.45) is 5.92 Å². The van der Waals surface area contributed by atoms with Crippen molar-refractivity contribution in [3.63, 3.8) is 0 Å². The Morgan fingerprint density at radius 2 is 1.97 bits per heavy atom. The Balaban J connectivity index is 2.11. The second-order valence-electron chi connectivity index (χ2n) is 6.84. The van der Waals surface area contributed by atoms with E-state index in [1.165, 1.54) is 25.0 Å². The Hall–Kier alpha value is -2.95. The van der Waals surface area contributed by atoms with Crippen LogP contribution < -0.4 is 10.2 Å². The number of esters is 1. The zero-order valence-electron chi connectivity index (χ0n) is 16.7. The van der Waals surface area contributed by atoms with Crippen LogP contribution in [0.25, 0.3) is 0 Å². The number of aliphatic carboxylic acids is 1. The molecule has 1 heterocycles. The molecule has 2 N–H and O–H groups in total. The van der Waals surface area contributed by atoms with Crippen LogP contribution in [-0.2, 0) is 29.0 Å². The number of nitrogens with zero attached hydrogens (tertiary/aromatic N) is 1. The van der Waals surface area contributed by atoms with E-state index in [-0.39, 0.29) is 36.5 Å². The second kappa shape index (κ2) is 9.70. The van der Waals surface area contributed by atoms with Crippen LogP contribution in [0.1, 0.15) is 30.1 Å². The maximum absolute atomic E-state index is 12.6. The summed E-state index contributed by atoms with van der Waals surface area (Å²) in [7, 11) is -2.18. The molecule has 0 saturated carbocycles. The Morgan fingerprint density at radius 1 is 1.30 bits per heavy atom. The third-order valence-corrected chi connectivity index (χ3v) is 6.61. The lowest BCUT2D eigenvalue weighted by Crippen LogP contribution is -2.45. The first-order chi connectivity index (χ1) is 14.1. The normalized spacial score (nSPS) is 17.5. The largest absolute Gasteiger partial charge is 0.480 e. The molecular formula is C19H24N2O8S. The van der Waals surface area contributed by atoms with E-state index >= 15 is 0 Å². The first kappa shape index (κ1) is 23.3. The van der Waals surface area contributed by atoms with Crippen molar-refractivity contribution in [1.82, 2.24) is 5.32 Å². The number of anilines is 1. The molecule has 0 spiro atoms. The zero-order chi connectivity index (χ0) is 22.5. The number of sulfone groups is 1. The van der Waals surface area contributed by atoms with Gasteiger partial charge in [-0.3, -0.25) is 9.59 Å². The number of hydrogen-bond acceptors (Lipinski definition) is 7. The molecule has 2 rings (SSSR count). The van der Waals surface area contributed by atoms with Crippen molar-refractivity contribution >= 4 is 39.3 Å². The summed E-state index contributed by atoms with van der Waals surface area (Å²) in [5.41, 5.74) is 0.469. The Labute approximate surface area is 174 Å². The van der Waals surface area contributed by atoms with Gasteiger partial charge in [-0.25, -0.2) is 18.0 Å². The molecule has 1 saturated heterocycles. The highest BCUT2D eigenvalue weighted by atomic mass is 32.2. The SMILES string of the molecule is CCS(=O)(=O)CCC(NC(=O)C1CC(=O)N(c2ccccc2C(=O)OC)C1)C(=O)O. The van der Waals surface area contributed by atoms with Crippen LogP contribution in [0.15, 0.2) is 24.3 Å². The Kier molecular flexibility index (Phi) is 7.54. The summed E-state index contributed by atoms with van der Waals surface area (Å²) >= 11 is 0. The minimum Gasteiger partial charge on any atom is -0.480 e. The van der Waals surface area contributed by atoms with Crippen molar-refractivity contribution in [1.29, 1.82) is 0 Å². The lowest BCUT2D eigenvalue weighted by atomic mass is 10.1. The van der Waals surface area contributed by atoms with Crippen LogP contribution in [0, 0.1) is 5.92 Å². The van der Waals surface area contributed by atoms with Crippen LogP contribution in [0.2, 0.25) is 0 Å². The van der Waals surface area contributed by atoms with E-state index in [2.05, 4.69) is 5.32 Å². The molecule has 1 aromatic rings. The predicted octanol–water partition coefficient (Wildman–Crippen LogP) is 0.220. The second-order valence-corrected chi connectivity index (χ2v) is 9.31. The predicted molar refractivity (Wildman–Crippen MR) is 107 cm³/mol. The van der Waals surface area contributed by atoms with Crippen LogP contribution in [-0.4, -0.2) is 68.5 Å². The average Bonchev–Trinajstić information content (AvgIpc) is 3.11. The van der Waals surface area contributed by atoms with Crippen LogP contribution in [0.3, 0.4) is 0 Å². The number of benzene rings is 1. The van der Waals surface area contributed by atoms with Gasteiger partial charge >= 0.3 is 11.9 Å². The molecule has 11 heteroatoms. The highest BCUT2D eigenvalue weighted by molar-refractivity contribution is 7.91. The number of nitrogens with one attached hydrogen (secondary N) is 1. The summed E-state index contributed by atoms with van der Waals surface area (Å²) in [5.74, 6) is -4.38. The standard InChI is InChI=1S/C19H24N2O8S/c1-3-30(27,28)9-8-14(18(24)25)20-17(23)12-10-16(22)21(11-12)15-7-5-4-6-13(15)19(26)29-2/h4-7,12,14H,3,8-11H2,1-2H3,(H,20,23)(H,24,25). The molecule has 0 radical (unpaired) electrons. The molecule has 0 bridgehead atoms. The summed E-state index contributed by atoms with van der Waals surface area (Å²) in [6.45, 7) is 1.41. The third kappa shape index (κ3) is 5.56. The fourth-order valence-electron chi connectivity index (χ4n) is 3.10. The van der Waals surface area contributed by atoms with Crippen LogP contribution in [0.5, 0.6) is 0 Å². The van der Waals surface area contributed by atoms with E-state index in [9.17, 15) is 32.7 Å². The summed E-state index contributed by atoms with van der Waals surface area (Å²) in [6, 6.07) is 4.92. The number of amides is 2. The van der Waals surface area contributed by atoms with Gasteiger partial charge in [-0.15, -0.1) is 0 Å². The molecule has 1 aliphatic heterocycles. The number of carbonyl (C=O) groups is 4. The van der Waals surface area contributed by atoms with Crippen molar-refractivity contribution in [2.75, 3.05) is 30.1 Å². The summed E-state index contributed by atoms with van der Waals surface area (Å²) in [4.78, 5) is 49.7. The van der Waals surface area contributed by atoms with Crippen LogP contribution in [0.4, 0.5) is 5.69 Å². The molecule has 1 aromatic carbocycles. The van der Waals surface area contributed by atoms with Gasteiger partial charge in [0.15, 0.2) is 0 Å². The highest BCUT2D eigenvalue weighted by Crippen LogP contribution is 2.28. The summed E-state index contributed by atoms with van der Waals surface area (Å²) in [5, 5.41) is 11.6. The van der Waals surface area contributed by atoms with Crippen molar-refractivity contribution in [3.05, 3.63) is 29.8 Å². The first-order valence-electron chi connectivity index (χ1n) is 9.31. The molecule has 1 aliphatic rings. The van der Waals surface area contributed by atoms with Gasteiger partial charge < -0.3 is 20.1 Å². The van der Waals surface area contributed by atoms with E-state index in [1.807, 2.05) is 0 Å². The highest BCUT2D eigenvalue weighted by Gasteiger charge is 2.38. The number of methoxy groups -OCH3 is 1. The smallest absolute Gasteiger partial charge is 0.339 e. The van der Waals surface area contributed by atoms with Crippen molar-refractivity contribution < 1.29 is 37.4 Å². The molecule has 164 valence electrons. The van der Waals surface area contributed by atoms with E-state index in [4.69, 9.17) is 4.74 Å². The monoisotopic (exact) mass is 440 g/mol. The first-order valence-corrected chi connectivity index (χ1v) is 11.1. The maximum atomic E-state index is 12.6. The van der Waals surface area contributed by atoms with Gasteiger partial charge in [0.1, 0.15) is 15.9 Å². The molecule has 2 atom stereocenters.